The smallest absolute Gasteiger partial charge is 0.301 e. The van der Waals surface area contributed by atoms with Gasteiger partial charge < -0.3 is 29.6 Å². The second-order valence-corrected chi connectivity index (χ2v) is 10.5. The Morgan fingerprint density at radius 3 is 2.68 bits per heavy atom. The highest BCUT2D eigenvalue weighted by molar-refractivity contribution is 5.97. The van der Waals surface area contributed by atoms with E-state index in [1.165, 1.54) is 10.8 Å². The third-order valence-electron chi connectivity index (χ3n) is 7.81. The van der Waals surface area contributed by atoms with Crippen LogP contribution in [0, 0.1) is 11.7 Å². The molecule has 8 nitrogen and oxygen atoms in total. The number of nitrogens with zero attached hydrogens (tertiary/aromatic N) is 3. The van der Waals surface area contributed by atoms with E-state index in [1.807, 2.05) is 0 Å². The molecule has 3 aromatic rings. The molecule has 2 N–H and O–H groups in total. The van der Waals surface area contributed by atoms with Crippen LogP contribution in [0.5, 0.6) is 5.75 Å². The van der Waals surface area contributed by atoms with Gasteiger partial charge in [-0.1, -0.05) is 0 Å². The van der Waals surface area contributed by atoms with Gasteiger partial charge in [-0.3, -0.25) is 4.79 Å². The minimum absolute atomic E-state index is 0.127. The van der Waals surface area contributed by atoms with Crippen molar-refractivity contribution in [1.29, 1.82) is 0 Å². The van der Waals surface area contributed by atoms with Gasteiger partial charge in [0.25, 0.3) is 5.56 Å². The maximum Gasteiger partial charge on any atom is 0.301 e. The summed E-state index contributed by atoms with van der Waals surface area (Å²) in [6, 6.07) is 5.70. The Morgan fingerprint density at radius 1 is 1.19 bits per heavy atom. The molecule has 8 rings (SSSR count). The van der Waals surface area contributed by atoms with Crippen LogP contribution >= 0.6 is 0 Å². The van der Waals surface area contributed by atoms with E-state index < -0.39 is 29.9 Å². The van der Waals surface area contributed by atoms with E-state index in [1.54, 1.807) is 31.3 Å². The number of hydrogen-bond acceptors (Lipinski definition) is 7. The van der Waals surface area contributed by atoms with E-state index in [9.17, 15) is 18.0 Å². The third kappa shape index (κ3) is 3.78. The molecule has 11 heteroatoms. The Morgan fingerprint density at radius 2 is 1.95 bits per heavy atom. The lowest BCUT2D eigenvalue weighted by molar-refractivity contribution is -0.133. The molecule has 0 spiro atoms. The Hall–Kier alpha value is -3.47. The first kappa shape index (κ1) is 22.7. The average Bonchev–Trinajstić information content (AvgIpc) is 3.71. The molecule has 1 aliphatic carbocycles. The first-order chi connectivity index (χ1) is 17.8. The lowest BCUT2D eigenvalue weighted by atomic mass is 9.99. The zero-order chi connectivity index (χ0) is 25.5. The van der Waals surface area contributed by atoms with E-state index >= 15 is 0 Å². The number of rotatable bonds is 4. The van der Waals surface area contributed by atoms with Gasteiger partial charge in [0.2, 0.25) is 5.75 Å². The summed E-state index contributed by atoms with van der Waals surface area (Å²) < 4.78 is 57.0. The Bertz CT molecular complexity index is 1460. The molecular formula is C26H26F3N5O3. The average molecular weight is 514 g/mol. The van der Waals surface area contributed by atoms with Gasteiger partial charge in [0.1, 0.15) is 5.82 Å². The fourth-order valence-corrected chi connectivity index (χ4v) is 5.68. The monoisotopic (exact) mass is 513 g/mol. The van der Waals surface area contributed by atoms with E-state index in [4.69, 9.17) is 9.47 Å². The topological polar surface area (TPSA) is 80.7 Å². The number of benzene rings is 1. The zero-order valence-electron chi connectivity index (χ0n) is 20.1. The van der Waals surface area contributed by atoms with Gasteiger partial charge in [-0.05, 0) is 37.0 Å². The molecule has 3 saturated heterocycles. The van der Waals surface area contributed by atoms with Crippen LogP contribution in [-0.4, -0.2) is 53.4 Å². The van der Waals surface area contributed by atoms with Crippen LogP contribution in [-0.2, 0) is 11.8 Å². The Kier molecular flexibility index (Phi) is 4.92. The summed E-state index contributed by atoms with van der Waals surface area (Å²) in [7, 11) is 1.57. The predicted octanol–water partition coefficient (Wildman–Crippen LogP) is 4.01. The number of hydrogen-bond donors (Lipinski definition) is 2. The Balaban J connectivity index is 1.27. The molecule has 0 radical (unpaired) electrons. The lowest BCUT2D eigenvalue weighted by Crippen LogP contribution is -2.57. The van der Waals surface area contributed by atoms with E-state index in [0.717, 1.165) is 6.42 Å². The molecule has 6 heterocycles. The second kappa shape index (κ2) is 8.01. The first-order valence-corrected chi connectivity index (χ1v) is 12.5. The van der Waals surface area contributed by atoms with Gasteiger partial charge in [0.05, 0.1) is 41.3 Å². The number of pyridine rings is 2. The molecule has 4 aliphatic heterocycles. The van der Waals surface area contributed by atoms with Crippen molar-refractivity contribution in [3.8, 4) is 5.75 Å². The van der Waals surface area contributed by atoms with Crippen molar-refractivity contribution in [3.05, 3.63) is 46.6 Å². The fourth-order valence-electron chi connectivity index (χ4n) is 5.68. The Labute approximate surface area is 210 Å². The van der Waals surface area contributed by atoms with Crippen molar-refractivity contribution >= 4 is 33.8 Å². The summed E-state index contributed by atoms with van der Waals surface area (Å²) in [5.74, 6) is -3.29. The van der Waals surface area contributed by atoms with Crippen LogP contribution in [0.1, 0.15) is 19.3 Å². The number of alkyl halides is 2. The van der Waals surface area contributed by atoms with Gasteiger partial charge in [0, 0.05) is 43.7 Å². The lowest BCUT2D eigenvalue weighted by Gasteiger charge is -2.47. The summed E-state index contributed by atoms with van der Waals surface area (Å²) >= 11 is 0. The molecule has 1 aromatic carbocycles. The van der Waals surface area contributed by atoms with Gasteiger partial charge >= 0.3 is 5.92 Å². The number of fused-ring (bicyclic) bond motifs is 5. The number of anilines is 4. The number of morpholine rings is 1. The van der Waals surface area contributed by atoms with Gasteiger partial charge in [-0.25, -0.2) is 18.2 Å². The van der Waals surface area contributed by atoms with Crippen molar-refractivity contribution in [2.75, 3.05) is 35.2 Å². The molecule has 1 saturated carbocycles. The maximum atomic E-state index is 14.9. The van der Waals surface area contributed by atoms with Crippen LogP contribution in [0.25, 0.3) is 10.9 Å². The van der Waals surface area contributed by atoms with Crippen molar-refractivity contribution in [1.82, 2.24) is 9.55 Å². The molecule has 2 aromatic heterocycles. The van der Waals surface area contributed by atoms with Crippen LogP contribution in [0.15, 0.2) is 35.3 Å². The molecule has 2 unspecified atom stereocenters. The van der Waals surface area contributed by atoms with Crippen LogP contribution in [0.3, 0.4) is 0 Å². The summed E-state index contributed by atoms with van der Waals surface area (Å²) in [6.45, 7) is 0.563. The van der Waals surface area contributed by atoms with Crippen molar-refractivity contribution < 1.29 is 22.6 Å². The van der Waals surface area contributed by atoms with Crippen molar-refractivity contribution in [2.45, 2.75) is 43.4 Å². The van der Waals surface area contributed by atoms with Crippen LogP contribution < -0.4 is 25.8 Å². The van der Waals surface area contributed by atoms with Gasteiger partial charge in [-0.2, -0.15) is 0 Å². The third-order valence-corrected chi connectivity index (χ3v) is 7.81. The summed E-state index contributed by atoms with van der Waals surface area (Å²) in [6.07, 6.45) is 4.00. The number of aromatic nitrogens is 2. The maximum absolute atomic E-state index is 14.9. The van der Waals surface area contributed by atoms with Crippen LogP contribution in [0.4, 0.5) is 36.1 Å². The number of ether oxygens (including phenoxy) is 2. The predicted molar refractivity (Wildman–Crippen MR) is 133 cm³/mol. The fraction of sp³-hybridized carbons (Fsp3) is 0.462. The molecule has 2 bridgehead atoms. The summed E-state index contributed by atoms with van der Waals surface area (Å²) in [5.41, 5.74) is 1.09. The highest BCUT2D eigenvalue weighted by Gasteiger charge is 2.51. The minimum atomic E-state index is -3.12. The number of halogens is 3. The normalized spacial score (nSPS) is 25.9. The highest BCUT2D eigenvalue weighted by atomic mass is 19.3. The SMILES string of the molecule is Cn1c(=O)c2c(c3cc(Nc4cc(N5CC6CC(C5)O6)ncc4F)ccc31)N[C@@H](C1CC1)C(F)(F)CO2. The molecule has 37 heavy (non-hydrogen) atoms. The standard InChI is InChI=1S/C26H26F3N5O3/c1-33-20-5-4-14(31-19-8-21(30-9-18(19)27)34-10-15-7-16(11-34)37-15)6-17(20)22-23(25(33)35)36-12-26(28,29)24(32-22)13-2-3-13/h4-6,8-9,13,15-16,24,32H,2-3,7,10-12H2,1H3,(H,30,31)/t15?,16?,24-/m0/s1. The first-order valence-electron chi connectivity index (χ1n) is 12.5. The van der Waals surface area contributed by atoms with Crippen molar-refractivity contribution in [3.63, 3.8) is 0 Å². The summed E-state index contributed by atoms with van der Waals surface area (Å²) in [4.78, 5) is 19.3. The molecule has 0 amide bonds. The molecule has 194 valence electrons. The van der Waals surface area contributed by atoms with E-state index in [-0.39, 0.29) is 35.3 Å². The summed E-state index contributed by atoms with van der Waals surface area (Å²) in [5, 5.41) is 6.61. The van der Waals surface area contributed by atoms with Gasteiger partial charge in [0.15, 0.2) is 12.4 Å². The van der Waals surface area contributed by atoms with Gasteiger partial charge in [-0.15, -0.1) is 0 Å². The number of aryl methyl sites for hydroxylation is 1. The highest BCUT2D eigenvalue weighted by Crippen LogP contribution is 2.45. The quantitative estimate of drug-likeness (QED) is 0.546. The molecule has 4 fully saturated rings. The molecule has 3 atom stereocenters. The minimum Gasteiger partial charge on any atom is -0.480 e. The van der Waals surface area contributed by atoms with Crippen molar-refractivity contribution in [2.24, 2.45) is 13.0 Å². The number of piperidine rings is 1. The number of nitrogens with one attached hydrogen (secondary N) is 2. The van der Waals surface area contributed by atoms with E-state index in [2.05, 4.69) is 20.5 Å². The largest absolute Gasteiger partial charge is 0.480 e. The molecular weight excluding hydrogens is 487 g/mol. The zero-order valence-corrected chi connectivity index (χ0v) is 20.1. The second-order valence-electron chi connectivity index (χ2n) is 10.5. The van der Waals surface area contributed by atoms with E-state index in [0.29, 0.717) is 48.3 Å². The molecule has 5 aliphatic rings. The van der Waals surface area contributed by atoms with Crippen LogP contribution in [0.2, 0.25) is 0 Å².